The first kappa shape index (κ1) is 7.54. The van der Waals surface area contributed by atoms with Gasteiger partial charge < -0.3 is 0 Å². The summed E-state index contributed by atoms with van der Waals surface area (Å²) in [5.74, 6) is 0. The lowest BCUT2D eigenvalue weighted by atomic mass is 10.3. The molecule has 0 saturated heterocycles. The zero-order valence-electron chi connectivity index (χ0n) is 5.44. The van der Waals surface area contributed by atoms with Crippen molar-refractivity contribution >= 4 is 49.4 Å². The van der Waals surface area contributed by atoms with Gasteiger partial charge in [-0.3, -0.25) is 5.10 Å². The molecule has 0 aliphatic rings. The van der Waals surface area contributed by atoms with Crippen LogP contribution in [0.2, 0.25) is 0 Å². The number of H-pyrrole nitrogens is 1. The Hall–Kier alpha value is -0.100. The molecule has 56 valence electrons. The van der Waals surface area contributed by atoms with Gasteiger partial charge in [0.05, 0.1) is 5.52 Å². The Kier molecular flexibility index (Phi) is 1.88. The molecule has 0 bridgehead atoms. The highest BCUT2D eigenvalue weighted by atomic mass is 127. The van der Waals surface area contributed by atoms with Crippen LogP contribution in [-0.2, 0) is 0 Å². The maximum absolute atomic E-state index is 4.03. The molecule has 1 N–H and O–H groups in total. The second-order valence-electron chi connectivity index (χ2n) is 2.20. The Morgan fingerprint density at radius 3 is 3.09 bits per heavy atom. The molecule has 2 aromatic rings. The van der Waals surface area contributed by atoms with Crippen molar-refractivity contribution < 1.29 is 0 Å². The molecule has 1 aromatic heterocycles. The fraction of sp³-hybridized carbons (Fsp3) is 0. The second-order valence-corrected chi connectivity index (χ2v) is 4.20. The van der Waals surface area contributed by atoms with Gasteiger partial charge in [0.15, 0.2) is 0 Å². The molecule has 0 aliphatic heterocycles. The summed E-state index contributed by atoms with van der Waals surface area (Å²) in [4.78, 5) is 0. The largest absolute Gasteiger partial charge is 0.277 e. The number of rotatable bonds is 0. The Labute approximate surface area is 85.6 Å². The number of hydrogen-bond acceptors (Lipinski definition) is 1. The maximum Gasteiger partial charge on any atom is 0.135 e. The number of benzene rings is 1. The second kappa shape index (κ2) is 2.75. The van der Waals surface area contributed by atoms with Crippen molar-refractivity contribution in [2.24, 2.45) is 0 Å². The number of fused-ring (bicyclic) bond motifs is 1. The van der Waals surface area contributed by atoms with Crippen molar-refractivity contribution in [1.29, 1.82) is 0 Å². The molecular weight excluding hydrogens is 319 g/mol. The van der Waals surface area contributed by atoms with Crippen molar-refractivity contribution in [3.63, 3.8) is 0 Å². The summed E-state index contributed by atoms with van der Waals surface area (Å²) < 4.78 is 2.09. The smallest absolute Gasteiger partial charge is 0.135 e. The van der Waals surface area contributed by atoms with E-state index in [1.165, 1.54) is 3.57 Å². The molecule has 0 atom stereocenters. The molecule has 0 aliphatic carbocycles. The SMILES string of the molecule is Brc1n[nH]c2cc(I)ccc12. The van der Waals surface area contributed by atoms with E-state index in [2.05, 4.69) is 60.9 Å². The number of aromatic amines is 1. The minimum absolute atomic E-state index is 0.879. The Bertz CT molecular complexity index is 396. The van der Waals surface area contributed by atoms with Crippen LogP contribution in [-0.4, -0.2) is 10.2 Å². The monoisotopic (exact) mass is 322 g/mol. The summed E-state index contributed by atoms with van der Waals surface area (Å²) >= 11 is 5.62. The highest BCUT2D eigenvalue weighted by Crippen LogP contribution is 2.21. The van der Waals surface area contributed by atoms with E-state index in [9.17, 15) is 0 Å². The Balaban J connectivity index is 2.86. The van der Waals surface area contributed by atoms with Crippen LogP contribution in [0.4, 0.5) is 0 Å². The third kappa shape index (κ3) is 1.29. The molecule has 0 radical (unpaired) electrons. The van der Waals surface area contributed by atoms with Gasteiger partial charge in [0, 0.05) is 8.96 Å². The number of nitrogens with one attached hydrogen (secondary N) is 1. The molecular formula is C7H4BrIN2. The third-order valence-corrected chi connectivity index (χ3v) is 2.75. The van der Waals surface area contributed by atoms with E-state index in [1.807, 2.05) is 6.07 Å². The summed E-state index contributed by atoms with van der Waals surface area (Å²) in [6.45, 7) is 0. The lowest BCUT2D eigenvalue weighted by molar-refractivity contribution is 1.10. The van der Waals surface area contributed by atoms with Crippen molar-refractivity contribution in [2.45, 2.75) is 0 Å². The fourth-order valence-electron chi connectivity index (χ4n) is 0.958. The van der Waals surface area contributed by atoms with Crippen LogP contribution in [0.5, 0.6) is 0 Å². The summed E-state index contributed by atoms with van der Waals surface area (Å²) in [6, 6.07) is 6.17. The summed E-state index contributed by atoms with van der Waals surface area (Å²) in [7, 11) is 0. The van der Waals surface area contributed by atoms with Gasteiger partial charge >= 0.3 is 0 Å². The van der Waals surface area contributed by atoms with Crippen LogP contribution in [0.15, 0.2) is 22.8 Å². The topological polar surface area (TPSA) is 28.7 Å². The third-order valence-electron chi connectivity index (χ3n) is 1.48. The van der Waals surface area contributed by atoms with E-state index in [4.69, 9.17) is 0 Å². The van der Waals surface area contributed by atoms with Crippen LogP contribution >= 0.6 is 38.5 Å². The van der Waals surface area contributed by atoms with Crippen LogP contribution < -0.4 is 0 Å². The van der Waals surface area contributed by atoms with Gasteiger partial charge in [-0.1, -0.05) is 0 Å². The molecule has 0 unspecified atom stereocenters. The van der Waals surface area contributed by atoms with Gasteiger partial charge in [0.2, 0.25) is 0 Å². The quantitative estimate of drug-likeness (QED) is 0.742. The van der Waals surface area contributed by atoms with Crippen molar-refractivity contribution in [3.8, 4) is 0 Å². The number of halogens is 2. The van der Waals surface area contributed by atoms with E-state index in [0.29, 0.717) is 0 Å². The first-order valence-electron chi connectivity index (χ1n) is 3.06. The lowest BCUT2D eigenvalue weighted by Gasteiger charge is -1.89. The molecule has 11 heavy (non-hydrogen) atoms. The molecule has 0 saturated carbocycles. The minimum atomic E-state index is 0.879. The van der Waals surface area contributed by atoms with E-state index < -0.39 is 0 Å². The van der Waals surface area contributed by atoms with Crippen LogP contribution in [0.3, 0.4) is 0 Å². The van der Waals surface area contributed by atoms with E-state index in [1.54, 1.807) is 0 Å². The average molecular weight is 323 g/mol. The Morgan fingerprint density at radius 2 is 2.27 bits per heavy atom. The first-order valence-corrected chi connectivity index (χ1v) is 4.93. The summed E-state index contributed by atoms with van der Waals surface area (Å²) in [6.07, 6.45) is 0. The lowest BCUT2D eigenvalue weighted by Crippen LogP contribution is -1.70. The highest BCUT2D eigenvalue weighted by Gasteiger charge is 2.00. The van der Waals surface area contributed by atoms with Crippen LogP contribution in [0, 0.1) is 3.57 Å². The van der Waals surface area contributed by atoms with E-state index in [0.717, 1.165) is 15.5 Å². The molecule has 4 heteroatoms. The van der Waals surface area contributed by atoms with Gasteiger partial charge in [-0.25, -0.2) is 0 Å². The van der Waals surface area contributed by atoms with Gasteiger partial charge in [-0.05, 0) is 56.7 Å². The predicted molar refractivity (Wildman–Crippen MR) is 56.5 cm³/mol. The zero-order chi connectivity index (χ0) is 7.84. The van der Waals surface area contributed by atoms with Crippen molar-refractivity contribution in [3.05, 3.63) is 26.4 Å². The van der Waals surface area contributed by atoms with Crippen molar-refractivity contribution in [1.82, 2.24) is 10.2 Å². The molecule has 2 rings (SSSR count). The van der Waals surface area contributed by atoms with E-state index in [-0.39, 0.29) is 0 Å². The van der Waals surface area contributed by atoms with Gasteiger partial charge in [0.25, 0.3) is 0 Å². The standard InChI is InChI=1S/C7H4BrIN2/c8-7-5-2-1-4(9)3-6(5)10-11-7/h1-3H,(H,10,11). The first-order chi connectivity index (χ1) is 5.27. The molecule has 1 aromatic carbocycles. The number of nitrogens with zero attached hydrogens (tertiary/aromatic N) is 1. The molecule has 2 nitrogen and oxygen atoms in total. The van der Waals surface area contributed by atoms with Gasteiger partial charge in [-0.2, -0.15) is 5.10 Å². The molecule has 0 amide bonds. The number of aromatic nitrogens is 2. The molecule has 1 heterocycles. The fourth-order valence-corrected chi connectivity index (χ4v) is 1.88. The number of hydrogen-bond donors (Lipinski definition) is 1. The summed E-state index contributed by atoms with van der Waals surface area (Å²) in [5.41, 5.74) is 1.07. The van der Waals surface area contributed by atoms with Crippen LogP contribution in [0.25, 0.3) is 10.9 Å². The Morgan fingerprint density at radius 1 is 1.45 bits per heavy atom. The van der Waals surface area contributed by atoms with E-state index >= 15 is 0 Å². The average Bonchev–Trinajstić information content (AvgIpc) is 2.32. The molecule has 0 fully saturated rings. The molecule has 0 spiro atoms. The van der Waals surface area contributed by atoms with Crippen molar-refractivity contribution in [2.75, 3.05) is 0 Å². The maximum atomic E-state index is 4.03. The summed E-state index contributed by atoms with van der Waals surface area (Å²) in [5, 5.41) is 8.08. The minimum Gasteiger partial charge on any atom is -0.277 e. The van der Waals surface area contributed by atoms with Gasteiger partial charge in [0.1, 0.15) is 4.60 Å². The highest BCUT2D eigenvalue weighted by molar-refractivity contribution is 14.1. The predicted octanol–water partition coefficient (Wildman–Crippen LogP) is 2.93. The van der Waals surface area contributed by atoms with Crippen LogP contribution in [0.1, 0.15) is 0 Å². The van der Waals surface area contributed by atoms with Gasteiger partial charge in [-0.15, -0.1) is 0 Å². The zero-order valence-corrected chi connectivity index (χ0v) is 9.18. The normalized spacial score (nSPS) is 10.7.